The van der Waals surface area contributed by atoms with Crippen molar-refractivity contribution in [3.8, 4) is 5.69 Å². The fourth-order valence-corrected chi connectivity index (χ4v) is 8.76. The number of morpholine rings is 1. The van der Waals surface area contributed by atoms with Crippen molar-refractivity contribution in [2.75, 3.05) is 37.8 Å². The highest BCUT2D eigenvalue weighted by Crippen LogP contribution is 2.37. The molecule has 7 rings (SSSR count). The lowest BCUT2D eigenvalue weighted by Gasteiger charge is -2.30. The molecule has 47 heavy (non-hydrogen) atoms. The molecule has 0 N–H and O–H groups in total. The SMILES string of the molecule is CCOC(=O)C1=C(c2ccccc2)N=c2s/c(=C/c3cc(C)n(-c4ccc(N5CCOCC5)c(Br)c4)c3C)c(=O)n2C1c1cccs1. The first-order valence-corrected chi connectivity index (χ1v) is 18.0. The van der Waals surface area contributed by atoms with E-state index in [-0.39, 0.29) is 12.2 Å². The summed E-state index contributed by atoms with van der Waals surface area (Å²) in [4.78, 5) is 36.6. The number of rotatable bonds is 7. The molecular weight excluding hydrogens is 696 g/mol. The number of carbonyl (C=O) groups excluding carboxylic acids is 1. The Morgan fingerprint density at radius 2 is 1.87 bits per heavy atom. The lowest BCUT2D eigenvalue weighted by atomic mass is 9.97. The van der Waals surface area contributed by atoms with E-state index in [1.54, 1.807) is 11.5 Å². The molecule has 5 aromatic rings. The van der Waals surface area contributed by atoms with Gasteiger partial charge in [0, 0.05) is 45.1 Å². The number of hydrogen-bond donors (Lipinski definition) is 0. The van der Waals surface area contributed by atoms with Crippen molar-refractivity contribution in [2.24, 2.45) is 4.99 Å². The number of aryl methyl sites for hydroxylation is 1. The number of esters is 1. The van der Waals surface area contributed by atoms with Gasteiger partial charge in [-0.3, -0.25) is 9.36 Å². The van der Waals surface area contributed by atoms with Crippen molar-refractivity contribution >= 4 is 62.0 Å². The zero-order valence-electron chi connectivity index (χ0n) is 26.2. The van der Waals surface area contributed by atoms with Crippen LogP contribution in [0.1, 0.15) is 40.4 Å². The number of hydrogen-bond acceptors (Lipinski definition) is 8. The normalized spacial score (nSPS) is 16.7. The highest BCUT2D eigenvalue weighted by Gasteiger charge is 2.35. The topological polar surface area (TPSA) is 78.1 Å². The van der Waals surface area contributed by atoms with Crippen molar-refractivity contribution in [3.63, 3.8) is 0 Å². The molecular formula is C36H33BrN4O4S2. The molecule has 8 nitrogen and oxygen atoms in total. The van der Waals surface area contributed by atoms with Crippen LogP contribution in [-0.2, 0) is 14.3 Å². The number of thiophene rings is 1. The first-order chi connectivity index (χ1) is 22.9. The summed E-state index contributed by atoms with van der Waals surface area (Å²) in [5, 5.41) is 1.96. The minimum atomic E-state index is -0.655. The summed E-state index contributed by atoms with van der Waals surface area (Å²) in [6.07, 6.45) is 1.95. The third-order valence-electron chi connectivity index (χ3n) is 8.48. The average molecular weight is 730 g/mol. The van der Waals surface area contributed by atoms with Crippen LogP contribution in [0, 0.1) is 13.8 Å². The quantitative estimate of drug-likeness (QED) is 0.192. The standard InChI is InChI=1S/C36H33BrN4O4S2/c1-4-45-35(43)31-32(24-9-6-5-7-10-24)38-36-41(33(31)29-11-8-18-46-29)34(42)30(47-36)20-25-19-22(2)40(23(25)3)26-12-13-28(27(37)21-26)39-14-16-44-17-15-39/h5-13,18-21,33H,4,14-17H2,1-3H3/b30-20+. The zero-order chi connectivity index (χ0) is 32.7. The Bertz CT molecular complexity index is 2180. The van der Waals surface area contributed by atoms with E-state index in [0.29, 0.717) is 20.6 Å². The second kappa shape index (κ2) is 13.2. The molecule has 1 atom stereocenters. The molecule has 0 radical (unpaired) electrons. The lowest BCUT2D eigenvalue weighted by molar-refractivity contribution is -0.138. The third-order valence-corrected chi connectivity index (χ3v) is 11.0. The van der Waals surface area contributed by atoms with Crippen LogP contribution in [0.15, 0.2) is 91.9 Å². The molecule has 2 aromatic carbocycles. The second-order valence-corrected chi connectivity index (χ2v) is 14.2. The van der Waals surface area contributed by atoms with Gasteiger partial charge in [0.25, 0.3) is 5.56 Å². The second-order valence-electron chi connectivity index (χ2n) is 11.3. The predicted octanol–water partition coefficient (Wildman–Crippen LogP) is 6.00. The Morgan fingerprint density at radius 3 is 2.57 bits per heavy atom. The molecule has 0 bridgehead atoms. The summed E-state index contributed by atoms with van der Waals surface area (Å²) in [7, 11) is 0. The molecule has 2 aliphatic heterocycles. The Labute approximate surface area is 288 Å². The largest absolute Gasteiger partial charge is 0.463 e. The average Bonchev–Trinajstić information content (AvgIpc) is 3.79. The predicted molar refractivity (Wildman–Crippen MR) is 191 cm³/mol. The van der Waals surface area contributed by atoms with Gasteiger partial charge in [-0.25, -0.2) is 9.79 Å². The number of halogens is 1. The Balaban J connectivity index is 1.35. The monoisotopic (exact) mass is 728 g/mol. The zero-order valence-corrected chi connectivity index (χ0v) is 29.5. The van der Waals surface area contributed by atoms with Crippen LogP contribution in [0.4, 0.5) is 5.69 Å². The summed E-state index contributed by atoms with van der Waals surface area (Å²) < 4.78 is 16.5. The highest BCUT2D eigenvalue weighted by atomic mass is 79.9. The van der Waals surface area contributed by atoms with Gasteiger partial charge in [-0.15, -0.1) is 11.3 Å². The maximum Gasteiger partial charge on any atom is 0.338 e. The number of thiazole rings is 1. The van der Waals surface area contributed by atoms with Crippen LogP contribution < -0.4 is 19.8 Å². The van der Waals surface area contributed by atoms with Gasteiger partial charge in [0.2, 0.25) is 0 Å². The molecule has 1 unspecified atom stereocenters. The van der Waals surface area contributed by atoms with E-state index in [9.17, 15) is 9.59 Å². The van der Waals surface area contributed by atoms with Gasteiger partial charge in [0.15, 0.2) is 4.80 Å². The number of ether oxygens (including phenoxy) is 2. The number of nitrogens with zero attached hydrogens (tertiary/aromatic N) is 4. The van der Waals surface area contributed by atoms with Crippen molar-refractivity contribution in [1.29, 1.82) is 0 Å². The lowest BCUT2D eigenvalue weighted by Crippen LogP contribution is -2.39. The molecule has 1 fully saturated rings. The fourth-order valence-electron chi connectivity index (χ4n) is 6.32. The van der Waals surface area contributed by atoms with E-state index in [4.69, 9.17) is 14.5 Å². The summed E-state index contributed by atoms with van der Waals surface area (Å²) >= 11 is 6.65. The summed E-state index contributed by atoms with van der Waals surface area (Å²) in [5.41, 5.74) is 6.70. The van der Waals surface area contributed by atoms with Gasteiger partial charge in [-0.2, -0.15) is 0 Å². The van der Waals surface area contributed by atoms with Crippen LogP contribution in [-0.4, -0.2) is 48.0 Å². The van der Waals surface area contributed by atoms with Crippen LogP contribution in [0.3, 0.4) is 0 Å². The van der Waals surface area contributed by atoms with Gasteiger partial charge < -0.3 is 18.9 Å². The smallest absolute Gasteiger partial charge is 0.338 e. The third kappa shape index (κ3) is 5.86. The van der Waals surface area contributed by atoms with Crippen LogP contribution in [0.2, 0.25) is 0 Å². The Kier molecular flexibility index (Phi) is 8.89. The molecule has 0 spiro atoms. The summed E-state index contributed by atoms with van der Waals surface area (Å²) in [6.45, 7) is 9.32. The van der Waals surface area contributed by atoms with E-state index < -0.39 is 12.0 Å². The first-order valence-electron chi connectivity index (χ1n) is 15.5. The molecule has 5 heterocycles. The molecule has 3 aromatic heterocycles. The summed E-state index contributed by atoms with van der Waals surface area (Å²) in [6, 6.07) is 21.4. The maximum atomic E-state index is 14.3. The molecule has 240 valence electrons. The van der Waals surface area contributed by atoms with E-state index >= 15 is 0 Å². The van der Waals surface area contributed by atoms with E-state index in [1.807, 2.05) is 53.9 Å². The molecule has 0 saturated carbocycles. The van der Waals surface area contributed by atoms with E-state index in [0.717, 1.165) is 69.5 Å². The van der Waals surface area contributed by atoms with Gasteiger partial charge in [0.1, 0.15) is 6.04 Å². The van der Waals surface area contributed by atoms with E-state index in [2.05, 4.69) is 63.5 Å². The van der Waals surface area contributed by atoms with E-state index in [1.165, 1.54) is 22.7 Å². The number of fused-ring (bicyclic) bond motifs is 1. The minimum absolute atomic E-state index is 0.191. The molecule has 1 saturated heterocycles. The number of anilines is 1. The number of aromatic nitrogens is 2. The van der Waals surface area contributed by atoms with Gasteiger partial charge in [-0.05, 0) is 84.1 Å². The first kappa shape index (κ1) is 31.6. The van der Waals surface area contributed by atoms with Gasteiger partial charge in [0.05, 0.1) is 41.3 Å². The van der Waals surface area contributed by atoms with Gasteiger partial charge in [-0.1, -0.05) is 47.7 Å². The fraction of sp³-hybridized carbons (Fsp3) is 0.250. The molecule has 0 aliphatic carbocycles. The van der Waals surface area contributed by atoms with Crippen LogP contribution >= 0.6 is 38.6 Å². The van der Waals surface area contributed by atoms with Crippen molar-refractivity contribution in [3.05, 3.63) is 129 Å². The Morgan fingerprint density at radius 1 is 1.09 bits per heavy atom. The number of benzene rings is 2. The van der Waals surface area contributed by atoms with Crippen molar-refractivity contribution in [2.45, 2.75) is 26.8 Å². The van der Waals surface area contributed by atoms with Crippen LogP contribution in [0.25, 0.3) is 17.5 Å². The minimum Gasteiger partial charge on any atom is -0.463 e. The maximum absolute atomic E-state index is 14.3. The van der Waals surface area contributed by atoms with Gasteiger partial charge >= 0.3 is 5.97 Å². The van der Waals surface area contributed by atoms with Crippen LogP contribution in [0.5, 0.6) is 0 Å². The van der Waals surface area contributed by atoms with Crippen molar-refractivity contribution < 1.29 is 14.3 Å². The Hall–Kier alpha value is -4.03. The molecule has 2 aliphatic rings. The molecule has 11 heteroatoms. The molecule has 0 amide bonds. The highest BCUT2D eigenvalue weighted by molar-refractivity contribution is 9.10. The number of carbonyl (C=O) groups is 1. The summed E-state index contributed by atoms with van der Waals surface area (Å²) in [5.74, 6) is -0.475. The van der Waals surface area contributed by atoms with Crippen molar-refractivity contribution in [1.82, 2.24) is 9.13 Å².